The third kappa shape index (κ3) is 8.43. The number of benzene rings is 1. The SMILES string of the molecule is C=CNc1ccnc2c1c(-c1cc3c(cc1/C(C)=C\C)CCN3C)cn2CC.CC.CCC(C)/C=C\C(C)=NC.O. The zero-order valence-corrected chi connectivity index (χ0v) is 27.1. The van der Waals surface area contributed by atoms with Crippen molar-refractivity contribution in [1.82, 2.24) is 9.55 Å². The average Bonchev–Trinajstić information content (AvgIpc) is 3.56. The maximum atomic E-state index is 4.69. The number of fused-ring (bicyclic) bond motifs is 2. The number of pyridine rings is 1. The van der Waals surface area contributed by atoms with Gasteiger partial charge < -0.3 is 20.3 Å². The first-order chi connectivity index (χ1) is 19.3. The maximum Gasteiger partial charge on any atom is 0.142 e. The first-order valence-electron chi connectivity index (χ1n) is 14.8. The Hall–Kier alpha value is -3.64. The number of hydrogen-bond donors (Lipinski definition) is 1. The lowest BCUT2D eigenvalue weighted by Crippen LogP contribution is -2.12. The van der Waals surface area contributed by atoms with Crippen molar-refractivity contribution in [2.75, 3.05) is 30.9 Å². The number of nitrogens with one attached hydrogen (secondary N) is 1. The average molecular weight is 560 g/mol. The summed E-state index contributed by atoms with van der Waals surface area (Å²) >= 11 is 0. The van der Waals surface area contributed by atoms with Gasteiger partial charge in [0, 0.05) is 56.5 Å². The Morgan fingerprint density at radius 3 is 2.49 bits per heavy atom. The van der Waals surface area contributed by atoms with Gasteiger partial charge in [0.15, 0.2) is 0 Å². The van der Waals surface area contributed by atoms with Crippen LogP contribution in [0.1, 0.15) is 72.9 Å². The molecule has 6 heteroatoms. The number of anilines is 2. The second-order valence-electron chi connectivity index (χ2n) is 10.0. The minimum atomic E-state index is 0. The number of allylic oxidation sites excluding steroid dienone is 4. The van der Waals surface area contributed by atoms with E-state index in [1.165, 1.54) is 39.9 Å². The van der Waals surface area contributed by atoms with E-state index in [-0.39, 0.29) is 5.48 Å². The van der Waals surface area contributed by atoms with E-state index in [2.05, 4.69) is 110 Å². The summed E-state index contributed by atoms with van der Waals surface area (Å²) in [4.78, 5) is 11.1. The molecular weight excluding hydrogens is 506 g/mol. The number of likely N-dealkylation sites (N-methyl/N-ethyl adjacent to an activating group) is 1. The van der Waals surface area contributed by atoms with Crippen molar-refractivity contribution in [1.29, 1.82) is 0 Å². The summed E-state index contributed by atoms with van der Waals surface area (Å²) in [6.45, 7) is 22.7. The molecule has 41 heavy (non-hydrogen) atoms. The largest absolute Gasteiger partial charge is 0.412 e. The third-order valence-corrected chi connectivity index (χ3v) is 7.51. The van der Waals surface area contributed by atoms with Crippen LogP contribution in [0.5, 0.6) is 0 Å². The minimum Gasteiger partial charge on any atom is -0.412 e. The van der Waals surface area contributed by atoms with Gasteiger partial charge in [0.05, 0.1) is 11.1 Å². The van der Waals surface area contributed by atoms with Crippen LogP contribution in [-0.4, -0.2) is 41.4 Å². The first kappa shape index (κ1) is 35.4. The molecule has 3 heterocycles. The van der Waals surface area contributed by atoms with Gasteiger partial charge in [0.2, 0.25) is 0 Å². The number of aromatic nitrogens is 2. The highest BCUT2D eigenvalue weighted by molar-refractivity contribution is 6.05. The molecule has 0 radical (unpaired) electrons. The molecule has 1 atom stereocenters. The molecule has 3 N–H and O–H groups in total. The fourth-order valence-corrected chi connectivity index (χ4v) is 4.71. The smallest absolute Gasteiger partial charge is 0.142 e. The fourth-order valence-electron chi connectivity index (χ4n) is 4.71. The van der Waals surface area contributed by atoms with Crippen LogP contribution >= 0.6 is 0 Å². The topological polar surface area (TPSA) is 77.0 Å². The van der Waals surface area contributed by atoms with E-state index in [1.807, 2.05) is 40.1 Å². The van der Waals surface area contributed by atoms with Crippen LogP contribution in [0, 0.1) is 5.92 Å². The molecule has 6 nitrogen and oxygen atoms in total. The summed E-state index contributed by atoms with van der Waals surface area (Å²) in [5.74, 6) is 0.677. The number of aliphatic imine (C=N–C) groups is 1. The molecule has 1 aliphatic rings. The zero-order valence-electron chi connectivity index (χ0n) is 27.1. The van der Waals surface area contributed by atoms with E-state index in [0.717, 1.165) is 41.9 Å². The molecule has 0 saturated heterocycles. The summed E-state index contributed by atoms with van der Waals surface area (Å²) in [6, 6.07) is 6.77. The highest BCUT2D eigenvalue weighted by atomic mass is 16.0. The standard InChI is InChI=1S/C24H28N4.C9H17N.C2H6.H2O/c1-6-16(4)18-13-17-10-12-27(5)22(17)14-19(18)20-15-28(8-3)24-23(20)21(25-7-2)9-11-26-24;1-5-8(2)6-7-9(3)10-4;1-2;/h6-7,9,11,13-15H,2,8,10,12H2,1,3-5H3,(H,25,26);6-8H,5H2,1-4H3;1-2H3;1H2/b16-6-;7-6-,10-9?;;. The molecule has 0 fully saturated rings. The lowest BCUT2D eigenvalue weighted by Gasteiger charge is -2.17. The van der Waals surface area contributed by atoms with Gasteiger partial charge in [-0.3, -0.25) is 4.99 Å². The number of rotatable bonds is 8. The van der Waals surface area contributed by atoms with E-state index in [1.54, 1.807) is 6.20 Å². The molecular formula is C35H53N5O. The summed E-state index contributed by atoms with van der Waals surface area (Å²) < 4.78 is 2.23. The molecule has 1 aromatic carbocycles. The van der Waals surface area contributed by atoms with Crippen molar-refractivity contribution in [3.05, 3.63) is 72.7 Å². The molecule has 1 unspecified atom stereocenters. The van der Waals surface area contributed by atoms with E-state index < -0.39 is 0 Å². The van der Waals surface area contributed by atoms with Gasteiger partial charge in [-0.1, -0.05) is 52.8 Å². The Bertz CT molecular complexity index is 1360. The second-order valence-corrected chi connectivity index (χ2v) is 10.0. The highest BCUT2D eigenvalue weighted by Gasteiger charge is 2.23. The van der Waals surface area contributed by atoms with Gasteiger partial charge in [-0.15, -0.1) is 0 Å². The highest BCUT2D eigenvalue weighted by Crippen LogP contribution is 2.42. The second kappa shape index (κ2) is 17.2. The minimum absolute atomic E-state index is 0. The number of aryl methyl sites for hydroxylation is 1. The van der Waals surface area contributed by atoms with Crippen LogP contribution in [0.25, 0.3) is 27.7 Å². The van der Waals surface area contributed by atoms with E-state index in [9.17, 15) is 0 Å². The Balaban J connectivity index is 0.000000554. The molecule has 0 amide bonds. The van der Waals surface area contributed by atoms with Crippen LogP contribution in [-0.2, 0) is 13.0 Å². The lowest BCUT2D eigenvalue weighted by atomic mass is 9.92. The van der Waals surface area contributed by atoms with Crippen molar-refractivity contribution >= 4 is 33.7 Å². The Labute approximate surface area is 248 Å². The molecule has 4 rings (SSSR count). The van der Waals surface area contributed by atoms with Gasteiger partial charge >= 0.3 is 0 Å². The number of nitrogens with zero attached hydrogens (tertiary/aromatic N) is 4. The van der Waals surface area contributed by atoms with Crippen molar-refractivity contribution in [2.45, 2.75) is 74.8 Å². The Morgan fingerprint density at radius 2 is 1.90 bits per heavy atom. The van der Waals surface area contributed by atoms with E-state index in [0.29, 0.717) is 5.92 Å². The molecule has 3 aromatic rings. The molecule has 224 valence electrons. The summed E-state index contributed by atoms with van der Waals surface area (Å²) in [7, 11) is 4.00. The maximum absolute atomic E-state index is 4.69. The van der Waals surface area contributed by atoms with Gasteiger partial charge in [-0.25, -0.2) is 4.98 Å². The Kier molecular flexibility index (Phi) is 14.9. The van der Waals surface area contributed by atoms with Crippen LogP contribution < -0.4 is 10.2 Å². The van der Waals surface area contributed by atoms with Gasteiger partial charge in [0.1, 0.15) is 5.65 Å². The molecule has 0 saturated carbocycles. The van der Waals surface area contributed by atoms with Gasteiger partial charge in [-0.2, -0.15) is 0 Å². The van der Waals surface area contributed by atoms with Crippen molar-refractivity contribution in [2.24, 2.45) is 10.9 Å². The van der Waals surface area contributed by atoms with Crippen molar-refractivity contribution in [3.63, 3.8) is 0 Å². The quantitative estimate of drug-likeness (QED) is 0.281. The predicted octanol–water partition coefficient (Wildman–Crippen LogP) is 8.58. The molecule has 0 spiro atoms. The van der Waals surface area contributed by atoms with Gasteiger partial charge in [-0.05, 0) is 92.8 Å². The Morgan fingerprint density at radius 1 is 1.20 bits per heavy atom. The van der Waals surface area contributed by atoms with Crippen LogP contribution in [0.15, 0.2) is 66.6 Å². The zero-order chi connectivity index (χ0) is 29.8. The predicted molar refractivity (Wildman–Crippen MR) is 184 cm³/mol. The number of hydrogen-bond acceptors (Lipinski definition) is 4. The normalized spacial score (nSPS) is 13.6. The monoisotopic (exact) mass is 559 g/mol. The molecule has 1 aliphatic heterocycles. The molecule has 0 aliphatic carbocycles. The lowest BCUT2D eigenvalue weighted by molar-refractivity contribution is 0.699. The van der Waals surface area contributed by atoms with E-state index in [4.69, 9.17) is 0 Å². The molecule has 2 aromatic heterocycles. The van der Waals surface area contributed by atoms with Crippen molar-refractivity contribution < 1.29 is 5.48 Å². The summed E-state index contributed by atoms with van der Waals surface area (Å²) in [6.07, 6.45) is 14.6. The van der Waals surface area contributed by atoms with Crippen molar-refractivity contribution in [3.8, 4) is 11.1 Å². The summed E-state index contributed by atoms with van der Waals surface area (Å²) in [5.41, 5.74) is 11.0. The third-order valence-electron chi connectivity index (χ3n) is 7.51. The van der Waals surface area contributed by atoms with Crippen LogP contribution in [0.4, 0.5) is 11.4 Å². The molecule has 0 bridgehead atoms. The van der Waals surface area contributed by atoms with Gasteiger partial charge in [0.25, 0.3) is 0 Å². The first-order valence-corrected chi connectivity index (χ1v) is 14.8. The summed E-state index contributed by atoms with van der Waals surface area (Å²) in [5, 5.41) is 4.46. The van der Waals surface area contributed by atoms with E-state index >= 15 is 0 Å². The van der Waals surface area contributed by atoms with Crippen LogP contribution in [0.3, 0.4) is 0 Å². The fraction of sp³-hybridized carbons (Fsp3) is 0.429. The van der Waals surface area contributed by atoms with Crippen LogP contribution in [0.2, 0.25) is 0 Å².